The van der Waals surface area contributed by atoms with E-state index in [1.165, 1.54) is 10.8 Å². The monoisotopic (exact) mass is 313 g/mol. The van der Waals surface area contributed by atoms with E-state index in [0.717, 1.165) is 10.2 Å². The van der Waals surface area contributed by atoms with Crippen molar-refractivity contribution in [1.82, 2.24) is 0 Å². The number of hydrogen-bond donors (Lipinski definition) is 2. The second-order valence-corrected chi connectivity index (χ2v) is 5.12. The molecule has 0 amide bonds. The molecule has 90 valence electrons. The molecule has 2 nitrogen and oxygen atoms in total. The summed E-state index contributed by atoms with van der Waals surface area (Å²) >= 11 is 8.98. The fourth-order valence-corrected chi connectivity index (χ4v) is 2.10. The number of hydrogen-bond acceptors (Lipinski definition) is 2. The van der Waals surface area contributed by atoms with E-state index >= 15 is 0 Å². The summed E-state index contributed by atoms with van der Waals surface area (Å²) < 4.78 is 1.07. The van der Waals surface area contributed by atoms with Gasteiger partial charge in [0, 0.05) is 16.7 Å². The van der Waals surface area contributed by atoms with Crippen molar-refractivity contribution in [2.45, 2.75) is 6.10 Å². The Labute approximate surface area is 114 Å². The highest BCUT2D eigenvalue weighted by molar-refractivity contribution is 9.10. The van der Waals surface area contributed by atoms with E-state index in [1.807, 2.05) is 12.1 Å². The van der Waals surface area contributed by atoms with E-state index in [-0.39, 0.29) is 5.88 Å². The van der Waals surface area contributed by atoms with Gasteiger partial charge in [-0.25, -0.2) is 0 Å². The summed E-state index contributed by atoms with van der Waals surface area (Å²) in [4.78, 5) is 0. The second kappa shape index (κ2) is 5.71. The SMILES string of the molecule is OC(CCl)CNc1ccc2cc(Br)ccc2c1. The molecule has 0 heterocycles. The van der Waals surface area contributed by atoms with Crippen LogP contribution < -0.4 is 5.32 Å². The summed E-state index contributed by atoms with van der Waals surface area (Å²) in [6.07, 6.45) is -0.516. The van der Waals surface area contributed by atoms with E-state index in [0.29, 0.717) is 6.54 Å². The molecule has 4 heteroatoms. The maximum atomic E-state index is 9.37. The van der Waals surface area contributed by atoms with Gasteiger partial charge in [0.15, 0.2) is 0 Å². The van der Waals surface area contributed by atoms with Crippen molar-refractivity contribution >= 4 is 44.0 Å². The number of rotatable bonds is 4. The molecular formula is C13H13BrClNO. The molecular weight excluding hydrogens is 302 g/mol. The molecule has 2 rings (SSSR count). The lowest BCUT2D eigenvalue weighted by Gasteiger charge is -2.10. The van der Waals surface area contributed by atoms with E-state index in [1.54, 1.807) is 0 Å². The van der Waals surface area contributed by atoms with Crippen LogP contribution >= 0.6 is 27.5 Å². The van der Waals surface area contributed by atoms with Crippen LogP contribution in [-0.4, -0.2) is 23.6 Å². The highest BCUT2D eigenvalue weighted by Crippen LogP contribution is 2.22. The molecule has 0 saturated heterocycles. The summed E-state index contributed by atoms with van der Waals surface area (Å²) in [5, 5.41) is 14.9. The summed E-state index contributed by atoms with van der Waals surface area (Å²) in [6.45, 7) is 0.464. The number of nitrogens with one attached hydrogen (secondary N) is 1. The number of halogens is 2. The first kappa shape index (κ1) is 12.7. The van der Waals surface area contributed by atoms with Gasteiger partial charge in [0.25, 0.3) is 0 Å². The van der Waals surface area contributed by atoms with Crippen molar-refractivity contribution in [2.24, 2.45) is 0 Å². The highest BCUT2D eigenvalue weighted by Gasteiger charge is 2.02. The molecule has 0 aromatic heterocycles. The van der Waals surface area contributed by atoms with Gasteiger partial charge < -0.3 is 10.4 Å². The molecule has 0 saturated carbocycles. The van der Waals surface area contributed by atoms with Crippen LogP contribution in [0.1, 0.15) is 0 Å². The van der Waals surface area contributed by atoms with E-state index in [4.69, 9.17) is 11.6 Å². The van der Waals surface area contributed by atoms with E-state index in [2.05, 4.69) is 45.5 Å². The molecule has 2 aromatic rings. The number of aliphatic hydroxyl groups excluding tert-OH is 1. The Balaban J connectivity index is 2.17. The van der Waals surface area contributed by atoms with Gasteiger partial charge in [0.1, 0.15) is 0 Å². The first-order valence-corrected chi connectivity index (χ1v) is 6.69. The lowest BCUT2D eigenvalue weighted by atomic mass is 10.1. The quantitative estimate of drug-likeness (QED) is 0.845. The third-order valence-electron chi connectivity index (χ3n) is 2.52. The smallest absolute Gasteiger partial charge is 0.0847 e. The maximum Gasteiger partial charge on any atom is 0.0847 e. The van der Waals surface area contributed by atoms with Gasteiger partial charge in [-0.05, 0) is 35.0 Å². The van der Waals surface area contributed by atoms with Crippen molar-refractivity contribution in [3.05, 3.63) is 40.9 Å². The zero-order valence-electron chi connectivity index (χ0n) is 9.16. The third kappa shape index (κ3) is 3.35. The van der Waals surface area contributed by atoms with Crippen LogP contribution in [0.2, 0.25) is 0 Å². The number of anilines is 1. The predicted molar refractivity (Wildman–Crippen MR) is 76.9 cm³/mol. The summed E-state index contributed by atoms with van der Waals surface area (Å²) in [5.41, 5.74) is 0.990. The molecule has 0 aliphatic heterocycles. The Kier molecular flexibility index (Phi) is 4.26. The minimum atomic E-state index is -0.516. The number of alkyl halides is 1. The zero-order chi connectivity index (χ0) is 12.3. The van der Waals surface area contributed by atoms with Crippen LogP contribution in [0.3, 0.4) is 0 Å². The van der Waals surface area contributed by atoms with Crippen molar-refractivity contribution in [3.63, 3.8) is 0 Å². The van der Waals surface area contributed by atoms with Crippen LogP contribution in [0, 0.1) is 0 Å². The normalized spacial score (nSPS) is 12.6. The fraction of sp³-hybridized carbons (Fsp3) is 0.231. The van der Waals surface area contributed by atoms with Gasteiger partial charge in [-0.15, -0.1) is 11.6 Å². The van der Waals surface area contributed by atoms with Gasteiger partial charge in [-0.1, -0.05) is 28.1 Å². The van der Waals surface area contributed by atoms with Crippen molar-refractivity contribution in [2.75, 3.05) is 17.7 Å². The van der Waals surface area contributed by atoms with E-state index < -0.39 is 6.10 Å². The Morgan fingerprint density at radius 2 is 1.88 bits per heavy atom. The van der Waals surface area contributed by atoms with Gasteiger partial charge in [0.2, 0.25) is 0 Å². The van der Waals surface area contributed by atoms with Crippen LogP contribution in [0.5, 0.6) is 0 Å². The van der Waals surface area contributed by atoms with Gasteiger partial charge in [-0.3, -0.25) is 0 Å². The standard InChI is InChI=1S/C13H13BrClNO/c14-11-3-1-10-6-12(4-2-9(10)5-11)16-8-13(17)7-15/h1-6,13,16-17H,7-8H2. The minimum absolute atomic E-state index is 0.244. The van der Waals surface area contributed by atoms with Crippen molar-refractivity contribution in [3.8, 4) is 0 Å². The summed E-state index contributed by atoms with van der Waals surface area (Å²) in [6, 6.07) is 12.3. The van der Waals surface area contributed by atoms with Gasteiger partial charge >= 0.3 is 0 Å². The Bertz CT molecular complexity index is 518. The van der Waals surface area contributed by atoms with Crippen LogP contribution in [0.25, 0.3) is 10.8 Å². The lowest BCUT2D eigenvalue weighted by Crippen LogP contribution is -2.20. The largest absolute Gasteiger partial charge is 0.390 e. The zero-order valence-corrected chi connectivity index (χ0v) is 11.5. The molecule has 0 bridgehead atoms. The van der Waals surface area contributed by atoms with Crippen molar-refractivity contribution in [1.29, 1.82) is 0 Å². The van der Waals surface area contributed by atoms with Crippen molar-refractivity contribution < 1.29 is 5.11 Å². The molecule has 0 radical (unpaired) electrons. The van der Waals surface area contributed by atoms with Crippen LogP contribution in [0.15, 0.2) is 40.9 Å². The summed E-state index contributed by atoms with van der Waals surface area (Å²) in [5.74, 6) is 0.244. The molecule has 0 aliphatic rings. The lowest BCUT2D eigenvalue weighted by molar-refractivity contribution is 0.211. The highest BCUT2D eigenvalue weighted by atomic mass is 79.9. The Hall–Kier alpha value is -0.770. The van der Waals surface area contributed by atoms with Crippen LogP contribution in [-0.2, 0) is 0 Å². The van der Waals surface area contributed by atoms with Gasteiger partial charge in [0.05, 0.1) is 12.0 Å². The average Bonchev–Trinajstić information content (AvgIpc) is 2.35. The Morgan fingerprint density at radius 3 is 2.65 bits per heavy atom. The topological polar surface area (TPSA) is 32.3 Å². The molecule has 2 N–H and O–H groups in total. The van der Waals surface area contributed by atoms with Gasteiger partial charge in [-0.2, -0.15) is 0 Å². The average molecular weight is 315 g/mol. The molecule has 2 aromatic carbocycles. The molecule has 17 heavy (non-hydrogen) atoms. The molecule has 0 spiro atoms. The first-order chi connectivity index (χ1) is 8.19. The van der Waals surface area contributed by atoms with Crippen LogP contribution in [0.4, 0.5) is 5.69 Å². The summed E-state index contributed by atoms with van der Waals surface area (Å²) in [7, 11) is 0. The number of fused-ring (bicyclic) bond motifs is 1. The number of benzene rings is 2. The fourth-order valence-electron chi connectivity index (χ4n) is 1.62. The predicted octanol–water partition coefficient (Wildman–Crippen LogP) is 3.61. The molecule has 0 aliphatic carbocycles. The maximum absolute atomic E-state index is 9.37. The Morgan fingerprint density at radius 1 is 1.18 bits per heavy atom. The molecule has 1 atom stereocenters. The molecule has 0 fully saturated rings. The third-order valence-corrected chi connectivity index (χ3v) is 3.37. The van der Waals surface area contributed by atoms with E-state index in [9.17, 15) is 5.11 Å². The molecule has 1 unspecified atom stereocenters. The number of aliphatic hydroxyl groups is 1. The minimum Gasteiger partial charge on any atom is -0.390 e. The first-order valence-electron chi connectivity index (χ1n) is 5.36. The second-order valence-electron chi connectivity index (χ2n) is 3.90.